The zero-order valence-electron chi connectivity index (χ0n) is 20.9. The molecule has 0 nitrogen and oxygen atoms in total. The first-order chi connectivity index (χ1) is 15.0. The van der Waals surface area contributed by atoms with Crippen molar-refractivity contribution in [2.75, 3.05) is 0 Å². The topological polar surface area (TPSA) is 0 Å². The zero-order chi connectivity index (χ0) is 23.7. The molecule has 0 saturated carbocycles. The summed E-state index contributed by atoms with van der Waals surface area (Å²) in [6, 6.07) is 16.8. The number of hydrogen-bond acceptors (Lipinski definition) is 0. The summed E-state index contributed by atoms with van der Waals surface area (Å²) in [7, 11) is 0. The molecule has 0 aliphatic carbocycles. The minimum absolute atomic E-state index is 0.144. The molecule has 0 unspecified atom stereocenters. The zero-order valence-corrected chi connectivity index (χ0v) is 24.2. The van der Waals surface area contributed by atoms with Crippen molar-refractivity contribution in [2.24, 2.45) is 0 Å². The van der Waals surface area contributed by atoms with Crippen LogP contribution in [0.3, 0.4) is 0 Å². The third-order valence-corrected chi connectivity index (χ3v) is 8.20. The van der Waals surface area contributed by atoms with Crippen LogP contribution in [0, 0.1) is 5.82 Å². The van der Waals surface area contributed by atoms with Crippen LogP contribution >= 0.6 is 0 Å². The molecular formula is C30H37FSn. The molecule has 0 aromatic heterocycles. The first-order valence-electron chi connectivity index (χ1n) is 11.9. The Bertz CT molecular complexity index is 969. The fraction of sp³-hybridized carbons (Fsp3) is 0.400. The summed E-state index contributed by atoms with van der Waals surface area (Å²) in [4.78, 5) is 0. The van der Waals surface area contributed by atoms with Gasteiger partial charge in [-0.2, -0.15) is 0 Å². The maximum absolute atomic E-state index is 15.3. The number of halogens is 1. The van der Waals surface area contributed by atoms with Crippen LogP contribution in [0.5, 0.6) is 0 Å². The van der Waals surface area contributed by atoms with Crippen LogP contribution in [0.2, 0.25) is 0 Å². The van der Waals surface area contributed by atoms with Crippen molar-refractivity contribution >= 4 is 26.1 Å². The predicted octanol–water partition coefficient (Wildman–Crippen LogP) is 8.18. The molecule has 0 fully saturated rings. The summed E-state index contributed by atoms with van der Waals surface area (Å²) in [5, 5.41) is 0. The van der Waals surface area contributed by atoms with Gasteiger partial charge in [0.05, 0.1) is 0 Å². The van der Waals surface area contributed by atoms with Crippen LogP contribution in [0.4, 0.5) is 4.39 Å². The van der Waals surface area contributed by atoms with Gasteiger partial charge in [0.1, 0.15) is 0 Å². The molecule has 3 aromatic rings. The Hall–Kier alpha value is -1.61. The molecule has 0 amide bonds. The molecule has 2 heteroatoms. The molecular weight excluding hydrogens is 498 g/mol. The fourth-order valence-electron chi connectivity index (χ4n) is 4.76. The van der Waals surface area contributed by atoms with Gasteiger partial charge in [-0.25, -0.2) is 0 Å². The summed E-state index contributed by atoms with van der Waals surface area (Å²) in [5.74, 6) is 1.37. The van der Waals surface area contributed by atoms with E-state index in [1.165, 1.54) is 37.0 Å². The van der Waals surface area contributed by atoms with Crippen molar-refractivity contribution in [1.29, 1.82) is 0 Å². The van der Waals surface area contributed by atoms with Crippen LogP contribution in [-0.4, -0.2) is 22.5 Å². The molecule has 32 heavy (non-hydrogen) atoms. The molecule has 0 aliphatic heterocycles. The Balaban J connectivity index is 2.44. The Kier molecular flexibility index (Phi) is 7.91. The summed E-state index contributed by atoms with van der Waals surface area (Å²) in [6.07, 6.45) is 0. The maximum atomic E-state index is 15.3. The van der Waals surface area contributed by atoms with E-state index in [-0.39, 0.29) is 5.82 Å². The summed E-state index contributed by atoms with van der Waals surface area (Å²) < 4.78 is 16.6. The first-order valence-corrected chi connectivity index (χ1v) is 13.5. The van der Waals surface area contributed by atoms with Gasteiger partial charge in [0, 0.05) is 0 Å². The first kappa shape index (κ1) is 25.0. The molecule has 0 spiro atoms. The summed E-state index contributed by atoms with van der Waals surface area (Å²) >= 11 is 0.937. The van der Waals surface area contributed by atoms with E-state index in [9.17, 15) is 0 Å². The second kappa shape index (κ2) is 10.1. The van der Waals surface area contributed by atoms with Gasteiger partial charge in [-0.15, -0.1) is 0 Å². The van der Waals surface area contributed by atoms with Gasteiger partial charge < -0.3 is 0 Å². The Morgan fingerprint density at radius 2 is 0.844 bits per heavy atom. The van der Waals surface area contributed by atoms with Crippen LogP contribution in [-0.2, 0) is 0 Å². The van der Waals surface area contributed by atoms with E-state index in [1.54, 1.807) is 12.1 Å². The van der Waals surface area contributed by atoms with Gasteiger partial charge >= 0.3 is 208 Å². The van der Waals surface area contributed by atoms with E-state index in [4.69, 9.17) is 0 Å². The van der Waals surface area contributed by atoms with E-state index < -0.39 is 0 Å². The van der Waals surface area contributed by atoms with E-state index in [0.29, 0.717) is 23.7 Å². The summed E-state index contributed by atoms with van der Waals surface area (Å²) in [5.41, 5.74) is 9.90. The van der Waals surface area contributed by atoms with E-state index in [0.717, 1.165) is 33.7 Å². The van der Waals surface area contributed by atoms with Gasteiger partial charge in [-0.1, -0.05) is 0 Å². The Labute approximate surface area is 207 Å². The van der Waals surface area contributed by atoms with E-state index in [1.807, 2.05) is 0 Å². The van der Waals surface area contributed by atoms with Crippen molar-refractivity contribution in [2.45, 2.75) is 79.1 Å². The quantitative estimate of drug-likeness (QED) is 0.280. The average molecular weight is 535 g/mol. The summed E-state index contributed by atoms with van der Waals surface area (Å²) in [6.45, 7) is 17.9. The molecule has 3 aromatic carbocycles. The van der Waals surface area contributed by atoms with Crippen LogP contribution < -0.4 is 3.58 Å². The molecule has 0 bridgehead atoms. The number of benzene rings is 3. The number of hydrogen-bond donors (Lipinski definition) is 0. The molecule has 0 saturated heterocycles. The number of rotatable bonds is 6. The van der Waals surface area contributed by atoms with Crippen LogP contribution in [0.15, 0.2) is 48.5 Å². The normalized spacial score (nSPS) is 11.9. The van der Waals surface area contributed by atoms with E-state index >= 15 is 4.39 Å². The van der Waals surface area contributed by atoms with Crippen molar-refractivity contribution in [3.63, 3.8) is 0 Å². The predicted molar refractivity (Wildman–Crippen MR) is 140 cm³/mol. The molecule has 0 aliphatic rings. The van der Waals surface area contributed by atoms with Gasteiger partial charge in [0.25, 0.3) is 0 Å². The van der Waals surface area contributed by atoms with Crippen molar-refractivity contribution < 1.29 is 4.39 Å². The average Bonchev–Trinajstić information content (AvgIpc) is 2.73. The van der Waals surface area contributed by atoms with Crippen molar-refractivity contribution in [1.82, 2.24) is 0 Å². The fourth-order valence-corrected chi connectivity index (χ4v) is 6.06. The SMILES string of the molecule is CC(C)c1cccc(C(C)C)c1-c1cc(F)cc(-c2c(C(C)C)cccc2C(C)C)[c]1[SnH]. The van der Waals surface area contributed by atoms with E-state index in [2.05, 4.69) is 91.8 Å². The monoisotopic (exact) mass is 536 g/mol. The molecule has 0 heterocycles. The molecule has 3 rings (SSSR count). The molecule has 2 radical (unpaired) electrons. The van der Waals surface area contributed by atoms with Crippen molar-refractivity contribution in [3.8, 4) is 22.3 Å². The molecule has 0 N–H and O–H groups in total. The van der Waals surface area contributed by atoms with Gasteiger partial charge in [-0.05, 0) is 0 Å². The third kappa shape index (κ3) is 4.83. The van der Waals surface area contributed by atoms with Crippen LogP contribution in [0.25, 0.3) is 22.3 Å². The van der Waals surface area contributed by atoms with Gasteiger partial charge in [0.15, 0.2) is 0 Å². The molecule has 168 valence electrons. The van der Waals surface area contributed by atoms with Gasteiger partial charge in [-0.3, -0.25) is 0 Å². The second-order valence-electron chi connectivity index (χ2n) is 10.2. The Morgan fingerprint density at radius 1 is 0.562 bits per heavy atom. The standard InChI is InChI=1S/C30H36F.Sn.H/c1-18(2)25-11-9-12-26(19(3)4)29(25)22-15-23(17-24(31)16-22)30-27(20(5)6)13-10-14-28(30)21(7)8;;/h9-14,16-21H,1-8H3;;. The molecule has 0 atom stereocenters. The Morgan fingerprint density at radius 3 is 1.09 bits per heavy atom. The third-order valence-electron chi connectivity index (χ3n) is 6.43. The minimum atomic E-state index is -0.144. The van der Waals surface area contributed by atoms with Crippen molar-refractivity contribution in [3.05, 3.63) is 76.6 Å². The van der Waals surface area contributed by atoms with Crippen LogP contribution in [0.1, 0.15) is 101 Å². The second-order valence-corrected chi connectivity index (χ2v) is 11.8. The van der Waals surface area contributed by atoms with Gasteiger partial charge in [0.2, 0.25) is 0 Å².